The van der Waals surface area contributed by atoms with Crippen LogP contribution >= 0.6 is 0 Å². The van der Waals surface area contributed by atoms with Gasteiger partial charge in [-0.2, -0.15) is 4.98 Å². The second-order valence-electron chi connectivity index (χ2n) is 4.31. The smallest absolute Gasteiger partial charge is 0.225 e. The Morgan fingerprint density at radius 1 is 1.15 bits per heavy atom. The maximum atomic E-state index is 5.46. The third-order valence-corrected chi connectivity index (χ3v) is 2.51. The molecule has 1 aromatic heterocycles. The van der Waals surface area contributed by atoms with E-state index >= 15 is 0 Å². The van der Waals surface area contributed by atoms with Crippen LogP contribution < -0.4 is 10.1 Å². The molecule has 0 aromatic carbocycles. The van der Waals surface area contributed by atoms with Crippen molar-refractivity contribution in [3.8, 4) is 5.88 Å². The van der Waals surface area contributed by atoms with E-state index in [2.05, 4.69) is 22.2 Å². The normalized spacial score (nSPS) is 10.5. The molecule has 114 valence electrons. The van der Waals surface area contributed by atoms with Gasteiger partial charge in [0.15, 0.2) is 0 Å². The first-order valence-electron chi connectivity index (χ1n) is 7.13. The summed E-state index contributed by atoms with van der Waals surface area (Å²) < 4.78 is 15.7. The summed E-state index contributed by atoms with van der Waals surface area (Å²) in [5.74, 6) is 1.23. The highest BCUT2D eigenvalue weighted by molar-refractivity contribution is 5.27. The molecule has 0 saturated heterocycles. The highest BCUT2D eigenvalue weighted by Crippen LogP contribution is 2.08. The molecule has 0 amide bonds. The summed E-state index contributed by atoms with van der Waals surface area (Å²) in [6.07, 6.45) is 4.68. The molecule has 0 bridgehead atoms. The van der Waals surface area contributed by atoms with Crippen molar-refractivity contribution in [1.29, 1.82) is 0 Å². The summed E-state index contributed by atoms with van der Waals surface area (Å²) in [7, 11) is 1.67. The molecule has 0 unspecified atom stereocenters. The Balaban J connectivity index is 2.09. The van der Waals surface area contributed by atoms with Crippen molar-refractivity contribution in [2.45, 2.75) is 26.2 Å². The van der Waals surface area contributed by atoms with E-state index in [0.29, 0.717) is 31.6 Å². The number of methoxy groups -OCH3 is 1. The highest BCUT2D eigenvalue weighted by Gasteiger charge is 1.99. The van der Waals surface area contributed by atoms with Crippen LogP contribution in [0.2, 0.25) is 0 Å². The predicted octanol–water partition coefficient (Wildman–Crippen LogP) is 2.12. The third-order valence-electron chi connectivity index (χ3n) is 2.51. The van der Waals surface area contributed by atoms with Crippen LogP contribution in [-0.4, -0.2) is 50.1 Å². The third kappa shape index (κ3) is 7.91. The summed E-state index contributed by atoms with van der Waals surface area (Å²) in [6, 6.07) is 1.77. The average molecular weight is 283 g/mol. The zero-order valence-corrected chi connectivity index (χ0v) is 12.4. The fraction of sp³-hybridized carbons (Fsp3) is 0.714. The van der Waals surface area contributed by atoms with Gasteiger partial charge in [0, 0.05) is 32.5 Å². The number of hydrogen-bond acceptors (Lipinski definition) is 6. The van der Waals surface area contributed by atoms with Crippen LogP contribution in [-0.2, 0) is 9.47 Å². The number of ether oxygens (including phenoxy) is 3. The van der Waals surface area contributed by atoms with E-state index in [9.17, 15) is 0 Å². The van der Waals surface area contributed by atoms with Crippen LogP contribution in [0.25, 0.3) is 0 Å². The van der Waals surface area contributed by atoms with Gasteiger partial charge in [-0.1, -0.05) is 6.92 Å². The van der Waals surface area contributed by atoms with Crippen LogP contribution in [0.5, 0.6) is 5.88 Å². The van der Waals surface area contributed by atoms with Gasteiger partial charge in [-0.15, -0.1) is 0 Å². The lowest BCUT2D eigenvalue weighted by molar-refractivity contribution is 0.0691. The lowest BCUT2D eigenvalue weighted by Gasteiger charge is -2.07. The van der Waals surface area contributed by atoms with E-state index in [1.54, 1.807) is 19.4 Å². The first-order chi connectivity index (χ1) is 9.86. The van der Waals surface area contributed by atoms with E-state index in [4.69, 9.17) is 14.2 Å². The molecule has 1 N–H and O–H groups in total. The lowest BCUT2D eigenvalue weighted by atomic mass is 10.3. The molecule has 0 saturated carbocycles. The fourth-order valence-corrected chi connectivity index (χ4v) is 1.49. The number of nitrogens with one attached hydrogen (secondary N) is 1. The molecule has 1 aromatic rings. The summed E-state index contributed by atoms with van der Waals surface area (Å²) in [4.78, 5) is 8.43. The number of unbranched alkanes of at least 4 members (excludes halogenated alkanes) is 1. The largest absolute Gasteiger partial charge is 0.478 e. The zero-order valence-electron chi connectivity index (χ0n) is 12.4. The molecule has 20 heavy (non-hydrogen) atoms. The van der Waals surface area contributed by atoms with Gasteiger partial charge >= 0.3 is 0 Å². The molecule has 1 rings (SSSR count). The first kappa shape index (κ1) is 16.7. The van der Waals surface area contributed by atoms with E-state index in [1.807, 2.05) is 0 Å². The van der Waals surface area contributed by atoms with E-state index in [0.717, 1.165) is 32.4 Å². The predicted molar refractivity (Wildman–Crippen MR) is 78.2 cm³/mol. The number of rotatable bonds is 12. The maximum Gasteiger partial charge on any atom is 0.225 e. The van der Waals surface area contributed by atoms with E-state index in [1.165, 1.54) is 0 Å². The molecule has 0 atom stereocenters. The molecule has 0 spiro atoms. The molecule has 0 aliphatic rings. The second kappa shape index (κ2) is 11.4. The minimum Gasteiger partial charge on any atom is -0.478 e. The van der Waals surface area contributed by atoms with Crippen LogP contribution in [0.4, 0.5) is 5.95 Å². The molecule has 0 aliphatic heterocycles. The molecule has 0 aliphatic carbocycles. The van der Waals surface area contributed by atoms with Crippen LogP contribution in [0.15, 0.2) is 12.3 Å². The van der Waals surface area contributed by atoms with Gasteiger partial charge in [0.1, 0.15) is 0 Å². The Morgan fingerprint density at radius 3 is 2.85 bits per heavy atom. The minimum absolute atomic E-state index is 0.610. The maximum absolute atomic E-state index is 5.46. The van der Waals surface area contributed by atoms with Gasteiger partial charge < -0.3 is 19.5 Å². The highest BCUT2D eigenvalue weighted by atomic mass is 16.5. The van der Waals surface area contributed by atoms with Crippen molar-refractivity contribution in [2.24, 2.45) is 0 Å². The van der Waals surface area contributed by atoms with Crippen molar-refractivity contribution < 1.29 is 14.2 Å². The molecule has 6 nitrogen and oxygen atoms in total. The quantitative estimate of drug-likeness (QED) is 0.593. The topological polar surface area (TPSA) is 65.5 Å². The number of hydrogen-bond donors (Lipinski definition) is 1. The number of anilines is 1. The number of aromatic nitrogens is 2. The van der Waals surface area contributed by atoms with Crippen LogP contribution in [0, 0.1) is 0 Å². The Hall–Kier alpha value is -1.40. The van der Waals surface area contributed by atoms with Crippen LogP contribution in [0.1, 0.15) is 26.2 Å². The lowest BCUT2D eigenvalue weighted by Crippen LogP contribution is -2.08. The van der Waals surface area contributed by atoms with Gasteiger partial charge in [0.25, 0.3) is 0 Å². The number of nitrogens with zero attached hydrogens (tertiary/aromatic N) is 2. The first-order valence-corrected chi connectivity index (χ1v) is 7.13. The summed E-state index contributed by atoms with van der Waals surface area (Å²) >= 11 is 0. The summed E-state index contributed by atoms with van der Waals surface area (Å²) in [5.41, 5.74) is 0. The van der Waals surface area contributed by atoms with Crippen molar-refractivity contribution in [2.75, 3.05) is 45.4 Å². The van der Waals surface area contributed by atoms with Crippen molar-refractivity contribution >= 4 is 5.95 Å². The Morgan fingerprint density at radius 2 is 2.05 bits per heavy atom. The van der Waals surface area contributed by atoms with Crippen molar-refractivity contribution in [3.05, 3.63) is 12.3 Å². The molecule has 1 heterocycles. The summed E-state index contributed by atoms with van der Waals surface area (Å²) in [5, 5.41) is 3.18. The van der Waals surface area contributed by atoms with Gasteiger partial charge in [-0.3, -0.25) is 0 Å². The van der Waals surface area contributed by atoms with E-state index in [-0.39, 0.29) is 0 Å². The van der Waals surface area contributed by atoms with Gasteiger partial charge in [-0.05, 0) is 19.3 Å². The van der Waals surface area contributed by atoms with Gasteiger partial charge in [0.2, 0.25) is 11.8 Å². The zero-order chi connectivity index (χ0) is 14.5. The van der Waals surface area contributed by atoms with Crippen molar-refractivity contribution in [1.82, 2.24) is 9.97 Å². The standard InChI is InChI=1S/C14H25N3O3/c1-3-9-20-13-6-8-16-14(17-13)15-7-4-5-10-19-12-11-18-2/h6,8H,3-5,7,9-12H2,1-2H3,(H,15,16,17). The molecular weight excluding hydrogens is 258 g/mol. The Labute approximate surface area is 120 Å². The summed E-state index contributed by atoms with van der Waals surface area (Å²) in [6.45, 7) is 5.63. The molecule has 6 heteroatoms. The minimum atomic E-state index is 0.610. The SMILES string of the molecule is CCCOc1ccnc(NCCCCOCCOC)n1. The van der Waals surface area contributed by atoms with Crippen molar-refractivity contribution in [3.63, 3.8) is 0 Å². The van der Waals surface area contributed by atoms with Gasteiger partial charge in [-0.25, -0.2) is 4.98 Å². The monoisotopic (exact) mass is 283 g/mol. The van der Waals surface area contributed by atoms with Gasteiger partial charge in [0.05, 0.1) is 19.8 Å². The Kier molecular flexibility index (Phi) is 9.52. The Bertz CT molecular complexity index is 350. The second-order valence-corrected chi connectivity index (χ2v) is 4.31. The molecule has 0 radical (unpaired) electrons. The van der Waals surface area contributed by atoms with E-state index < -0.39 is 0 Å². The van der Waals surface area contributed by atoms with Crippen LogP contribution in [0.3, 0.4) is 0 Å². The fourth-order valence-electron chi connectivity index (χ4n) is 1.49. The molecular formula is C14H25N3O3. The molecule has 0 fully saturated rings. The average Bonchev–Trinajstić information content (AvgIpc) is 2.48.